The zero-order valence-corrected chi connectivity index (χ0v) is 11.8. The molecule has 2 heterocycles. The maximum atomic E-state index is 12.2. The summed E-state index contributed by atoms with van der Waals surface area (Å²) in [6.07, 6.45) is 5.96. The van der Waals surface area contributed by atoms with Crippen molar-refractivity contribution in [2.75, 3.05) is 13.1 Å². The van der Waals surface area contributed by atoms with E-state index in [9.17, 15) is 9.59 Å². The molecule has 0 atom stereocenters. The molecule has 5 heteroatoms. The lowest BCUT2D eigenvalue weighted by Crippen LogP contribution is -2.37. The van der Waals surface area contributed by atoms with E-state index in [-0.39, 0.29) is 23.6 Å². The summed E-state index contributed by atoms with van der Waals surface area (Å²) in [7, 11) is 0. The highest BCUT2D eigenvalue weighted by Crippen LogP contribution is 2.10. The first-order valence-electron chi connectivity index (χ1n) is 7.01. The van der Waals surface area contributed by atoms with Crippen molar-refractivity contribution in [1.82, 2.24) is 9.47 Å². The largest absolute Gasteiger partial charge is 0.341 e. The van der Waals surface area contributed by atoms with Gasteiger partial charge in [0.05, 0.1) is 0 Å². The third-order valence-corrected chi connectivity index (χ3v) is 3.75. The summed E-state index contributed by atoms with van der Waals surface area (Å²) in [5.41, 5.74) is 0.391. The van der Waals surface area contributed by atoms with Gasteiger partial charge in [-0.25, -0.2) is 0 Å². The third-order valence-electron chi connectivity index (χ3n) is 3.75. The number of hydrogen-bond acceptors (Lipinski definition) is 3. The Hall–Kier alpha value is -2.09. The van der Waals surface area contributed by atoms with Crippen LogP contribution in [0.25, 0.3) is 0 Å². The molecule has 1 aromatic rings. The SMILES string of the molecule is Cc1ccn(CC(=O)N2CCCCCC2)c(=O)c1C#N. The molecule has 5 nitrogen and oxygen atoms in total. The first-order valence-corrected chi connectivity index (χ1v) is 7.01. The molecule has 1 amide bonds. The number of likely N-dealkylation sites (tertiary alicyclic amines) is 1. The van der Waals surface area contributed by atoms with E-state index in [1.165, 1.54) is 4.57 Å². The number of carbonyl (C=O) groups excluding carboxylic acids is 1. The number of carbonyl (C=O) groups is 1. The molecule has 0 bridgehead atoms. The van der Waals surface area contributed by atoms with E-state index < -0.39 is 0 Å². The molecular weight excluding hydrogens is 254 g/mol. The summed E-state index contributed by atoms with van der Waals surface area (Å²) in [6, 6.07) is 3.61. The zero-order valence-electron chi connectivity index (χ0n) is 11.8. The maximum absolute atomic E-state index is 12.2. The van der Waals surface area contributed by atoms with E-state index in [0.717, 1.165) is 38.8 Å². The predicted molar refractivity (Wildman–Crippen MR) is 75.2 cm³/mol. The van der Waals surface area contributed by atoms with Crippen molar-refractivity contribution >= 4 is 5.91 Å². The van der Waals surface area contributed by atoms with Gasteiger partial charge in [-0.3, -0.25) is 9.59 Å². The third kappa shape index (κ3) is 3.08. The molecule has 1 aromatic heterocycles. The molecule has 0 unspecified atom stereocenters. The number of pyridine rings is 1. The van der Waals surface area contributed by atoms with Crippen LogP contribution in [0, 0.1) is 18.3 Å². The number of amides is 1. The monoisotopic (exact) mass is 273 g/mol. The van der Waals surface area contributed by atoms with E-state index >= 15 is 0 Å². The Labute approximate surface area is 118 Å². The molecule has 20 heavy (non-hydrogen) atoms. The Bertz CT molecular complexity index is 590. The molecule has 1 saturated heterocycles. The normalized spacial score (nSPS) is 15.5. The van der Waals surface area contributed by atoms with Crippen molar-refractivity contribution < 1.29 is 4.79 Å². The average Bonchev–Trinajstić information content (AvgIpc) is 2.71. The minimum absolute atomic E-state index is 0.0216. The van der Waals surface area contributed by atoms with Crippen LogP contribution in [-0.4, -0.2) is 28.5 Å². The molecule has 0 N–H and O–H groups in total. The van der Waals surface area contributed by atoms with Gasteiger partial charge in [0.1, 0.15) is 18.2 Å². The average molecular weight is 273 g/mol. The summed E-state index contributed by atoms with van der Waals surface area (Å²) < 4.78 is 1.33. The lowest BCUT2D eigenvalue weighted by Gasteiger charge is -2.20. The number of aryl methyl sites for hydroxylation is 1. The van der Waals surface area contributed by atoms with Crippen LogP contribution in [0.5, 0.6) is 0 Å². The standard InChI is InChI=1S/C15H19N3O2/c1-12-6-9-18(15(20)13(12)10-16)11-14(19)17-7-4-2-3-5-8-17/h6,9H,2-5,7-8,11H2,1H3. The van der Waals surface area contributed by atoms with Crippen LogP contribution in [0.1, 0.15) is 36.8 Å². The first kappa shape index (κ1) is 14.3. The first-order chi connectivity index (χ1) is 9.63. The van der Waals surface area contributed by atoms with E-state index in [1.54, 1.807) is 19.2 Å². The van der Waals surface area contributed by atoms with E-state index in [1.807, 2.05) is 11.0 Å². The smallest absolute Gasteiger partial charge is 0.269 e. The van der Waals surface area contributed by atoms with E-state index in [4.69, 9.17) is 5.26 Å². The number of aromatic nitrogens is 1. The van der Waals surface area contributed by atoms with Gasteiger partial charge < -0.3 is 9.47 Å². The lowest BCUT2D eigenvalue weighted by molar-refractivity contribution is -0.131. The number of nitrogens with zero attached hydrogens (tertiary/aromatic N) is 3. The van der Waals surface area contributed by atoms with Crippen molar-refractivity contribution in [3.05, 3.63) is 33.7 Å². The highest BCUT2D eigenvalue weighted by molar-refractivity contribution is 5.76. The minimum atomic E-state index is -0.379. The highest BCUT2D eigenvalue weighted by Gasteiger charge is 2.17. The minimum Gasteiger partial charge on any atom is -0.341 e. The fraction of sp³-hybridized carbons (Fsp3) is 0.533. The molecule has 0 aromatic carbocycles. The van der Waals surface area contributed by atoms with E-state index in [0.29, 0.717) is 5.56 Å². The van der Waals surface area contributed by atoms with Gasteiger partial charge in [0, 0.05) is 19.3 Å². The van der Waals surface area contributed by atoms with Crippen molar-refractivity contribution in [3.63, 3.8) is 0 Å². The van der Waals surface area contributed by atoms with Crippen LogP contribution in [-0.2, 0) is 11.3 Å². The maximum Gasteiger partial charge on any atom is 0.269 e. The molecule has 1 fully saturated rings. The second-order valence-electron chi connectivity index (χ2n) is 5.21. The molecule has 1 aliphatic heterocycles. The Kier molecular flexibility index (Phi) is 4.57. The van der Waals surface area contributed by atoms with Gasteiger partial charge in [0.25, 0.3) is 5.56 Å². The molecule has 0 aliphatic carbocycles. The van der Waals surface area contributed by atoms with Crippen LogP contribution >= 0.6 is 0 Å². The lowest BCUT2D eigenvalue weighted by atomic mass is 10.2. The van der Waals surface area contributed by atoms with E-state index in [2.05, 4.69) is 0 Å². The molecule has 0 spiro atoms. The van der Waals surface area contributed by atoms with Gasteiger partial charge in [0.15, 0.2) is 0 Å². The van der Waals surface area contributed by atoms with Crippen molar-refractivity contribution in [3.8, 4) is 6.07 Å². The van der Waals surface area contributed by atoms with Gasteiger partial charge in [-0.1, -0.05) is 12.8 Å². The second-order valence-corrected chi connectivity index (χ2v) is 5.21. The molecule has 1 aliphatic rings. The summed E-state index contributed by atoms with van der Waals surface area (Å²) in [6.45, 7) is 3.28. The Morgan fingerprint density at radius 2 is 1.95 bits per heavy atom. The summed E-state index contributed by atoms with van der Waals surface area (Å²) in [5.74, 6) is -0.0401. The zero-order chi connectivity index (χ0) is 14.5. The van der Waals surface area contributed by atoms with Crippen molar-refractivity contribution in [2.24, 2.45) is 0 Å². The van der Waals surface area contributed by atoms with Crippen molar-refractivity contribution in [1.29, 1.82) is 5.26 Å². The van der Waals surface area contributed by atoms with Crippen LogP contribution in [0.4, 0.5) is 0 Å². The van der Waals surface area contributed by atoms with Gasteiger partial charge in [-0.05, 0) is 31.4 Å². The number of rotatable bonds is 2. The Balaban J connectivity index is 2.16. The molecule has 106 valence electrons. The molecule has 0 radical (unpaired) electrons. The van der Waals surface area contributed by atoms with Crippen LogP contribution in [0.2, 0.25) is 0 Å². The summed E-state index contributed by atoms with van der Waals surface area (Å²) >= 11 is 0. The van der Waals surface area contributed by atoms with Gasteiger partial charge in [0.2, 0.25) is 5.91 Å². The predicted octanol–water partition coefficient (Wildman–Crippen LogP) is 1.43. The number of nitriles is 1. The van der Waals surface area contributed by atoms with Gasteiger partial charge in [-0.2, -0.15) is 5.26 Å². The van der Waals surface area contributed by atoms with Crippen molar-refractivity contribution in [2.45, 2.75) is 39.2 Å². The molecular formula is C15H19N3O2. The van der Waals surface area contributed by atoms with Gasteiger partial charge in [-0.15, -0.1) is 0 Å². The van der Waals surface area contributed by atoms with Crippen LogP contribution in [0.15, 0.2) is 17.1 Å². The number of hydrogen-bond donors (Lipinski definition) is 0. The summed E-state index contributed by atoms with van der Waals surface area (Å²) in [4.78, 5) is 26.1. The fourth-order valence-electron chi connectivity index (χ4n) is 2.49. The second kappa shape index (κ2) is 6.38. The van der Waals surface area contributed by atoms with Gasteiger partial charge >= 0.3 is 0 Å². The summed E-state index contributed by atoms with van der Waals surface area (Å²) in [5, 5.41) is 8.99. The van der Waals surface area contributed by atoms with Crippen LogP contribution < -0.4 is 5.56 Å². The van der Waals surface area contributed by atoms with Crippen LogP contribution in [0.3, 0.4) is 0 Å². The fourth-order valence-corrected chi connectivity index (χ4v) is 2.49. The molecule has 0 saturated carbocycles. The Morgan fingerprint density at radius 3 is 2.55 bits per heavy atom. The topological polar surface area (TPSA) is 66.1 Å². The quantitative estimate of drug-likeness (QED) is 0.818. The highest BCUT2D eigenvalue weighted by atomic mass is 16.2. The molecule has 2 rings (SSSR count). The Morgan fingerprint density at radius 1 is 1.30 bits per heavy atom.